The Balaban J connectivity index is 1.35. The van der Waals surface area contributed by atoms with Crippen LogP contribution in [0.15, 0.2) is 23.2 Å². The quantitative estimate of drug-likeness (QED) is 0.707. The van der Waals surface area contributed by atoms with Crippen molar-refractivity contribution < 1.29 is 18.7 Å². The fraction of sp³-hybridized carbons (Fsp3) is 0.727. The van der Waals surface area contributed by atoms with E-state index in [1.54, 1.807) is 17.9 Å². The van der Waals surface area contributed by atoms with Gasteiger partial charge in [-0.15, -0.1) is 0 Å². The first-order valence-corrected chi connectivity index (χ1v) is 10.8. The van der Waals surface area contributed by atoms with Gasteiger partial charge in [0.1, 0.15) is 5.83 Å². The molecule has 0 aromatic rings. The normalized spacial score (nSPS) is 25.3. The molecule has 4 rings (SSSR count). The number of hydrogen-bond donors (Lipinski definition) is 0. The summed E-state index contributed by atoms with van der Waals surface area (Å²) < 4.78 is 18.9. The van der Waals surface area contributed by atoms with Gasteiger partial charge < -0.3 is 19.4 Å². The van der Waals surface area contributed by atoms with Crippen LogP contribution in [-0.2, 0) is 9.53 Å². The Morgan fingerprint density at radius 1 is 1.17 bits per heavy atom. The van der Waals surface area contributed by atoms with E-state index < -0.39 is 0 Å². The molecule has 29 heavy (non-hydrogen) atoms. The van der Waals surface area contributed by atoms with E-state index in [0.29, 0.717) is 25.3 Å². The van der Waals surface area contributed by atoms with E-state index >= 15 is 0 Å². The summed E-state index contributed by atoms with van der Waals surface area (Å²) in [4.78, 5) is 30.0. The van der Waals surface area contributed by atoms with Crippen molar-refractivity contribution in [2.24, 2.45) is 11.3 Å². The van der Waals surface area contributed by atoms with Gasteiger partial charge in [-0.1, -0.05) is 0 Å². The monoisotopic (exact) mass is 405 g/mol. The molecule has 2 amide bonds. The van der Waals surface area contributed by atoms with Crippen molar-refractivity contribution >= 4 is 12.0 Å². The number of halogens is 1. The van der Waals surface area contributed by atoms with Gasteiger partial charge in [-0.05, 0) is 62.8 Å². The van der Waals surface area contributed by atoms with Crippen molar-refractivity contribution in [1.82, 2.24) is 14.7 Å². The number of carbonyl (C=O) groups is 2. The van der Waals surface area contributed by atoms with E-state index in [2.05, 4.69) is 4.90 Å². The minimum Gasteiger partial charge on any atom is -0.453 e. The summed E-state index contributed by atoms with van der Waals surface area (Å²) in [5.74, 6) is 0.627. The summed E-state index contributed by atoms with van der Waals surface area (Å²) in [5, 5.41) is 0. The lowest BCUT2D eigenvalue weighted by Crippen LogP contribution is -2.46. The molecule has 3 heterocycles. The Labute approximate surface area is 172 Å². The standard InChI is InChI=1S/C22H32FN3O3/c1-16(27)26-15-22(19-13-18(23)3-4-20(19)26)7-11-24(12-8-22)14-17-5-9-25(10-6-17)21(28)29-2/h13,17H,3-12,14-15H2,1-2H3. The number of rotatable bonds is 2. The lowest BCUT2D eigenvalue weighted by molar-refractivity contribution is -0.127. The summed E-state index contributed by atoms with van der Waals surface area (Å²) in [6.45, 7) is 6.88. The summed E-state index contributed by atoms with van der Waals surface area (Å²) in [7, 11) is 1.43. The summed E-state index contributed by atoms with van der Waals surface area (Å²) in [6, 6.07) is 0. The maximum absolute atomic E-state index is 14.1. The molecule has 0 saturated carbocycles. The van der Waals surface area contributed by atoms with Gasteiger partial charge in [0.25, 0.3) is 0 Å². The first-order valence-electron chi connectivity index (χ1n) is 10.8. The lowest BCUT2D eigenvalue weighted by Gasteiger charge is -2.42. The minimum absolute atomic E-state index is 0.0478. The van der Waals surface area contributed by atoms with Crippen LogP contribution < -0.4 is 0 Å². The Bertz CT molecular complexity index is 732. The van der Waals surface area contributed by atoms with Crippen molar-refractivity contribution in [3.8, 4) is 0 Å². The summed E-state index contributed by atoms with van der Waals surface area (Å²) in [6.07, 6.45) is 6.52. The van der Waals surface area contributed by atoms with Crippen LogP contribution in [0, 0.1) is 11.3 Å². The highest BCUT2D eigenvalue weighted by Crippen LogP contribution is 2.50. The highest BCUT2D eigenvalue weighted by molar-refractivity contribution is 5.77. The lowest BCUT2D eigenvalue weighted by atomic mass is 9.72. The maximum Gasteiger partial charge on any atom is 0.409 e. The predicted molar refractivity (Wildman–Crippen MR) is 108 cm³/mol. The third-order valence-electron chi connectivity index (χ3n) is 7.33. The highest BCUT2D eigenvalue weighted by Gasteiger charge is 2.47. The zero-order valence-electron chi connectivity index (χ0n) is 17.6. The molecule has 0 aromatic heterocycles. The van der Waals surface area contributed by atoms with Crippen molar-refractivity contribution in [1.29, 1.82) is 0 Å². The third kappa shape index (κ3) is 3.93. The molecular weight excluding hydrogens is 373 g/mol. The van der Waals surface area contributed by atoms with Crippen molar-refractivity contribution in [3.05, 3.63) is 23.2 Å². The number of ether oxygens (including phenoxy) is 1. The van der Waals surface area contributed by atoms with E-state index in [4.69, 9.17) is 4.74 Å². The smallest absolute Gasteiger partial charge is 0.409 e. The molecule has 0 N–H and O–H groups in total. The second-order valence-electron chi connectivity index (χ2n) is 9.04. The topological polar surface area (TPSA) is 53.1 Å². The molecule has 0 unspecified atom stereocenters. The Hall–Kier alpha value is -1.89. The molecule has 4 aliphatic rings. The van der Waals surface area contributed by atoms with Gasteiger partial charge in [-0.3, -0.25) is 4.79 Å². The molecule has 160 valence electrons. The van der Waals surface area contributed by atoms with Gasteiger partial charge in [-0.25, -0.2) is 9.18 Å². The van der Waals surface area contributed by atoms with Crippen LogP contribution in [-0.4, -0.2) is 73.1 Å². The van der Waals surface area contributed by atoms with Gasteiger partial charge in [0.15, 0.2) is 0 Å². The number of methoxy groups -OCH3 is 1. The fourth-order valence-corrected chi connectivity index (χ4v) is 5.59. The fourth-order valence-electron chi connectivity index (χ4n) is 5.59. The van der Waals surface area contributed by atoms with E-state index in [9.17, 15) is 14.0 Å². The molecule has 0 bridgehead atoms. The van der Waals surface area contributed by atoms with Gasteiger partial charge in [0, 0.05) is 50.6 Å². The SMILES string of the molecule is COC(=O)N1CCC(CN2CCC3(CC2)CN(C(C)=O)C2=C3C=C(F)CC2)CC1. The molecule has 3 aliphatic heterocycles. The summed E-state index contributed by atoms with van der Waals surface area (Å²) in [5.41, 5.74) is 2.06. The van der Waals surface area contributed by atoms with Crippen LogP contribution in [0.2, 0.25) is 0 Å². The van der Waals surface area contributed by atoms with Crippen molar-refractivity contribution in [3.63, 3.8) is 0 Å². The van der Waals surface area contributed by atoms with E-state index in [1.165, 1.54) is 7.11 Å². The molecule has 2 saturated heterocycles. The van der Waals surface area contributed by atoms with Crippen molar-refractivity contribution in [2.45, 2.75) is 45.4 Å². The zero-order chi connectivity index (χ0) is 20.6. The summed E-state index contributed by atoms with van der Waals surface area (Å²) >= 11 is 0. The molecular formula is C22H32FN3O3. The largest absolute Gasteiger partial charge is 0.453 e. The number of likely N-dealkylation sites (tertiary alicyclic amines) is 2. The Morgan fingerprint density at radius 2 is 1.86 bits per heavy atom. The number of piperidine rings is 2. The molecule has 1 spiro atoms. The van der Waals surface area contributed by atoms with E-state index in [1.807, 2.05) is 4.90 Å². The molecule has 7 heteroatoms. The van der Waals surface area contributed by atoms with Crippen LogP contribution in [0.4, 0.5) is 9.18 Å². The predicted octanol–water partition coefficient (Wildman–Crippen LogP) is 3.31. The number of nitrogens with zero attached hydrogens (tertiary/aromatic N) is 3. The van der Waals surface area contributed by atoms with Crippen LogP contribution in [0.5, 0.6) is 0 Å². The molecule has 6 nitrogen and oxygen atoms in total. The molecule has 1 aliphatic carbocycles. The Morgan fingerprint density at radius 3 is 2.48 bits per heavy atom. The number of allylic oxidation sites excluding steroid dienone is 3. The second kappa shape index (κ2) is 8.09. The highest BCUT2D eigenvalue weighted by atomic mass is 19.1. The van der Waals surface area contributed by atoms with Crippen LogP contribution in [0.3, 0.4) is 0 Å². The minimum atomic E-state index is -0.225. The third-order valence-corrected chi connectivity index (χ3v) is 7.33. The van der Waals surface area contributed by atoms with Gasteiger partial charge in [-0.2, -0.15) is 0 Å². The molecule has 2 fully saturated rings. The maximum atomic E-state index is 14.1. The number of fused-ring (bicyclic) bond motifs is 1. The number of hydrogen-bond acceptors (Lipinski definition) is 4. The average Bonchev–Trinajstić information content (AvgIpc) is 3.03. The number of amides is 2. The Kier molecular flexibility index (Phi) is 5.69. The van der Waals surface area contributed by atoms with Crippen LogP contribution in [0.1, 0.15) is 45.4 Å². The zero-order valence-corrected chi connectivity index (χ0v) is 17.6. The van der Waals surface area contributed by atoms with Crippen LogP contribution in [0.25, 0.3) is 0 Å². The molecule has 0 atom stereocenters. The van der Waals surface area contributed by atoms with Crippen LogP contribution >= 0.6 is 0 Å². The second-order valence-corrected chi connectivity index (χ2v) is 9.04. The first-order chi connectivity index (χ1) is 13.9. The van der Waals surface area contributed by atoms with Gasteiger partial charge in [0.2, 0.25) is 5.91 Å². The molecule has 0 aromatic carbocycles. The van der Waals surface area contributed by atoms with Crippen molar-refractivity contribution in [2.75, 3.05) is 46.4 Å². The van der Waals surface area contributed by atoms with E-state index in [-0.39, 0.29) is 23.2 Å². The van der Waals surface area contributed by atoms with E-state index in [0.717, 1.165) is 69.7 Å². The molecule has 0 radical (unpaired) electrons. The average molecular weight is 406 g/mol. The van der Waals surface area contributed by atoms with Gasteiger partial charge in [0.05, 0.1) is 7.11 Å². The number of carbonyl (C=O) groups excluding carboxylic acids is 2. The first kappa shape index (κ1) is 20.4. The van der Waals surface area contributed by atoms with Gasteiger partial charge >= 0.3 is 6.09 Å².